The quantitative estimate of drug-likeness (QED) is 0.440. The topological polar surface area (TPSA) is 50.1 Å². The molecule has 0 atom stereocenters. The third-order valence-electron chi connectivity index (χ3n) is 1.71. The fraction of sp³-hybridized carbons (Fsp3) is 0.375. The number of hydrazine groups is 1. The molecule has 0 radical (unpaired) electrons. The summed E-state index contributed by atoms with van der Waals surface area (Å²) in [7, 11) is 0. The van der Waals surface area contributed by atoms with E-state index in [1.165, 1.54) is 11.1 Å². The van der Waals surface area contributed by atoms with Gasteiger partial charge < -0.3 is 5.73 Å². The molecule has 0 aromatic heterocycles. The highest BCUT2D eigenvalue weighted by Gasteiger charge is 2.08. The van der Waals surface area contributed by atoms with Crippen molar-refractivity contribution >= 4 is 17.3 Å². The zero-order valence-corrected chi connectivity index (χ0v) is 8.09. The van der Waals surface area contributed by atoms with Crippen LogP contribution in [0.4, 0.5) is 0 Å². The lowest BCUT2D eigenvalue weighted by Gasteiger charge is -2.07. The number of nitrogens with two attached hydrogens (primary N) is 1. The maximum atomic E-state index is 5.27. The normalized spacial score (nSPS) is 16.0. The van der Waals surface area contributed by atoms with Crippen molar-refractivity contribution in [3.63, 3.8) is 0 Å². The summed E-state index contributed by atoms with van der Waals surface area (Å²) in [5, 5.41) is 0.258. The minimum atomic E-state index is 0.258. The first kappa shape index (κ1) is 9.06. The molecule has 66 valence electrons. The van der Waals surface area contributed by atoms with Crippen LogP contribution in [0, 0.1) is 0 Å². The van der Waals surface area contributed by atoms with Gasteiger partial charge in [-0.05, 0) is 44.1 Å². The predicted octanol–water partition coefficient (Wildman–Crippen LogP) is 0.948. The minimum absolute atomic E-state index is 0.258. The molecule has 0 heterocycles. The van der Waals surface area contributed by atoms with Crippen LogP contribution in [-0.2, 0) is 0 Å². The molecule has 1 aliphatic carbocycles. The highest BCUT2D eigenvalue weighted by Crippen LogP contribution is 2.21. The molecule has 3 nitrogen and oxygen atoms in total. The zero-order chi connectivity index (χ0) is 9.14. The standard InChI is InChI=1S/C8H13N3S/c1-5-3-6(2)7(4-5)10-11-8(9)12/h4,10H,3H2,1-2H3,(H3,9,11,12). The van der Waals surface area contributed by atoms with Gasteiger partial charge in [-0.1, -0.05) is 5.57 Å². The first-order valence-electron chi connectivity index (χ1n) is 3.78. The van der Waals surface area contributed by atoms with Gasteiger partial charge >= 0.3 is 0 Å². The van der Waals surface area contributed by atoms with E-state index >= 15 is 0 Å². The van der Waals surface area contributed by atoms with E-state index in [4.69, 9.17) is 5.73 Å². The van der Waals surface area contributed by atoms with Crippen LogP contribution in [0.1, 0.15) is 20.3 Å². The summed E-state index contributed by atoms with van der Waals surface area (Å²) in [6.07, 6.45) is 3.11. The highest BCUT2D eigenvalue weighted by molar-refractivity contribution is 7.80. The minimum Gasteiger partial charge on any atom is -0.375 e. The van der Waals surface area contributed by atoms with Gasteiger partial charge in [0.15, 0.2) is 5.11 Å². The first-order valence-corrected chi connectivity index (χ1v) is 4.19. The second kappa shape index (κ2) is 3.58. The van der Waals surface area contributed by atoms with E-state index in [2.05, 4.69) is 43.0 Å². The van der Waals surface area contributed by atoms with E-state index in [0.29, 0.717) is 0 Å². The fourth-order valence-electron chi connectivity index (χ4n) is 1.21. The molecule has 0 unspecified atom stereocenters. The predicted molar refractivity (Wildman–Crippen MR) is 54.1 cm³/mol. The van der Waals surface area contributed by atoms with Crippen LogP contribution in [0.3, 0.4) is 0 Å². The summed E-state index contributed by atoms with van der Waals surface area (Å²) in [6.45, 7) is 4.18. The maximum absolute atomic E-state index is 5.27. The second-order valence-electron chi connectivity index (χ2n) is 2.98. The fourth-order valence-corrected chi connectivity index (χ4v) is 1.26. The monoisotopic (exact) mass is 183 g/mol. The van der Waals surface area contributed by atoms with Crippen molar-refractivity contribution in [2.45, 2.75) is 20.3 Å². The zero-order valence-electron chi connectivity index (χ0n) is 7.27. The van der Waals surface area contributed by atoms with Crippen molar-refractivity contribution in [1.29, 1.82) is 0 Å². The number of nitrogens with one attached hydrogen (secondary N) is 2. The smallest absolute Gasteiger partial charge is 0.182 e. The molecule has 0 saturated heterocycles. The van der Waals surface area contributed by atoms with Crippen LogP contribution in [0.2, 0.25) is 0 Å². The molecule has 12 heavy (non-hydrogen) atoms. The maximum Gasteiger partial charge on any atom is 0.182 e. The van der Waals surface area contributed by atoms with Crippen molar-refractivity contribution in [3.8, 4) is 0 Å². The molecule has 0 aliphatic heterocycles. The van der Waals surface area contributed by atoms with E-state index in [1.807, 2.05) is 0 Å². The SMILES string of the molecule is CC1=CC(NNC(N)=S)=C(C)C1. The molecule has 0 fully saturated rings. The lowest BCUT2D eigenvalue weighted by molar-refractivity contribution is 0.781. The van der Waals surface area contributed by atoms with E-state index in [-0.39, 0.29) is 5.11 Å². The van der Waals surface area contributed by atoms with Crippen LogP contribution in [0.5, 0.6) is 0 Å². The van der Waals surface area contributed by atoms with Crippen molar-refractivity contribution in [1.82, 2.24) is 10.9 Å². The lowest BCUT2D eigenvalue weighted by atomic mass is 10.2. The summed E-state index contributed by atoms with van der Waals surface area (Å²) in [4.78, 5) is 0. The average Bonchev–Trinajstić information content (AvgIpc) is 2.26. The molecule has 0 saturated carbocycles. The van der Waals surface area contributed by atoms with Gasteiger partial charge in [-0.3, -0.25) is 10.9 Å². The Bertz CT molecular complexity index is 265. The van der Waals surface area contributed by atoms with Gasteiger partial charge in [-0.2, -0.15) is 0 Å². The Labute approximate surface area is 77.7 Å². The molecule has 0 aromatic rings. The molecule has 0 amide bonds. The Balaban J connectivity index is 2.51. The number of thiocarbonyl (C=S) groups is 1. The van der Waals surface area contributed by atoms with Crippen LogP contribution in [-0.4, -0.2) is 5.11 Å². The molecular formula is C8H13N3S. The first-order chi connectivity index (χ1) is 5.59. The van der Waals surface area contributed by atoms with Gasteiger partial charge in [0.2, 0.25) is 0 Å². The summed E-state index contributed by atoms with van der Waals surface area (Å²) >= 11 is 4.66. The number of allylic oxidation sites excluding steroid dienone is 3. The van der Waals surface area contributed by atoms with Crippen molar-refractivity contribution in [2.24, 2.45) is 5.73 Å². The number of rotatable bonds is 2. The number of hydrogen-bond acceptors (Lipinski definition) is 2. The average molecular weight is 183 g/mol. The number of hydrogen-bond donors (Lipinski definition) is 3. The Morgan fingerprint density at radius 2 is 2.25 bits per heavy atom. The van der Waals surface area contributed by atoms with Gasteiger partial charge in [0, 0.05) is 0 Å². The molecule has 0 aromatic carbocycles. The van der Waals surface area contributed by atoms with E-state index in [0.717, 1.165) is 12.1 Å². The Hall–Kier alpha value is -1.03. The lowest BCUT2D eigenvalue weighted by Crippen LogP contribution is -2.39. The van der Waals surface area contributed by atoms with Gasteiger partial charge in [-0.25, -0.2) is 0 Å². The van der Waals surface area contributed by atoms with Gasteiger partial charge in [0.25, 0.3) is 0 Å². The van der Waals surface area contributed by atoms with Gasteiger partial charge in [-0.15, -0.1) is 0 Å². The Morgan fingerprint density at radius 1 is 1.58 bits per heavy atom. The van der Waals surface area contributed by atoms with Gasteiger partial charge in [0.05, 0.1) is 5.70 Å². The Kier molecular flexibility index (Phi) is 2.70. The van der Waals surface area contributed by atoms with Crippen molar-refractivity contribution in [2.75, 3.05) is 0 Å². The molecule has 0 bridgehead atoms. The summed E-state index contributed by atoms with van der Waals surface area (Å²) in [6, 6.07) is 0. The highest BCUT2D eigenvalue weighted by atomic mass is 32.1. The third-order valence-corrected chi connectivity index (χ3v) is 1.82. The van der Waals surface area contributed by atoms with Crippen LogP contribution < -0.4 is 16.6 Å². The summed E-state index contributed by atoms with van der Waals surface area (Å²) in [5.41, 5.74) is 14.6. The largest absolute Gasteiger partial charge is 0.375 e. The summed E-state index contributed by atoms with van der Waals surface area (Å²) < 4.78 is 0. The van der Waals surface area contributed by atoms with Crippen LogP contribution >= 0.6 is 12.2 Å². The van der Waals surface area contributed by atoms with E-state index in [9.17, 15) is 0 Å². The van der Waals surface area contributed by atoms with Crippen molar-refractivity contribution in [3.05, 3.63) is 22.9 Å². The molecule has 0 spiro atoms. The van der Waals surface area contributed by atoms with Crippen molar-refractivity contribution < 1.29 is 0 Å². The Morgan fingerprint density at radius 3 is 2.67 bits per heavy atom. The second-order valence-corrected chi connectivity index (χ2v) is 3.42. The van der Waals surface area contributed by atoms with Crippen LogP contribution in [0.25, 0.3) is 0 Å². The molecule has 4 N–H and O–H groups in total. The molecular weight excluding hydrogens is 170 g/mol. The molecule has 1 rings (SSSR count). The van der Waals surface area contributed by atoms with E-state index < -0.39 is 0 Å². The molecule has 1 aliphatic rings. The van der Waals surface area contributed by atoms with Gasteiger partial charge in [0.1, 0.15) is 0 Å². The van der Waals surface area contributed by atoms with Crippen LogP contribution in [0.15, 0.2) is 22.9 Å². The van der Waals surface area contributed by atoms with E-state index in [1.54, 1.807) is 0 Å². The third kappa shape index (κ3) is 2.23. The summed E-state index contributed by atoms with van der Waals surface area (Å²) in [5.74, 6) is 0. The molecule has 4 heteroatoms.